The van der Waals surface area contributed by atoms with Crippen molar-refractivity contribution >= 4 is 23.6 Å². The van der Waals surface area contributed by atoms with E-state index in [1.165, 1.54) is 0 Å². The number of aliphatic imine (C=N–C) groups is 1. The molecule has 1 aliphatic rings. The third-order valence-electron chi connectivity index (χ3n) is 1.28. The molecule has 1 unspecified atom stereocenters. The summed E-state index contributed by atoms with van der Waals surface area (Å²) in [7, 11) is 0. The Balaban J connectivity index is 2.79. The smallest absolute Gasteiger partial charge is 0.311 e. The quantitative estimate of drug-likeness (QED) is 0.535. The van der Waals surface area contributed by atoms with Crippen molar-refractivity contribution in [3.8, 4) is 0 Å². The number of nitrogens with zero attached hydrogens (tertiary/aromatic N) is 1. The Morgan fingerprint density at radius 3 is 2.69 bits per heavy atom. The van der Waals surface area contributed by atoms with Gasteiger partial charge in [-0.2, -0.15) is 4.99 Å². The van der Waals surface area contributed by atoms with Gasteiger partial charge in [-0.15, -0.1) is 0 Å². The van der Waals surface area contributed by atoms with Gasteiger partial charge in [0.2, 0.25) is 0 Å². The number of hydrogen-bond donors (Lipinski definition) is 2. The van der Waals surface area contributed by atoms with Crippen LogP contribution in [0.5, 0.6) is 0 Å². The van der Waals surface area contributed by atoms with E-state index in [1.54, 1.807) is 0 Å². The summed E-state index contributed by atoms with van der Waals surface area (Å²) in [5.74, 6) is -4.03. The van der Waals surface area contributed by atoms with Crippen LogP contribution in [0.3, 0.4) is 0 Å². The summed E-state index contributed by atoms with van der Waals surface area (Å²) < 4.78 is 12.5. The Morgan fingerprint density at radius 2 is 2.23 bits per heavy atom. The van der Waals surface area contributed by atoms with Crippen molar-refractivity contribution in [1.82, 2.24) is 5.32 Å². The number of hydrogen-bond acceptors (Lipinski definition) is 3. The third-order valence-corrected chi connectivity index (χ3v) is 1.28. The zero-order chi connectivity index (χ0) is 10.0. The van der Waals surface area contributed by atoms with Gasteiger partial charge >= 0.3 is 5.97 Å². The van der Waals surface area contributed by atoms with Crippen LogP contribution in [-0.4, -0.2) is 34.9 Å². The van der Waals surface area contributed by atoms with Crippen LogP contribution in [-0.2, 0) is 14.4 Å². The van der Waals surface area contributed by atoms with Crippen LogP contribution in [0.25, 0.3) is 0 Å². The SMILES string of the molecule is O=C(O)CC1=NC(=O)C(F)C(=O)N1. The second kappa shape index (κ2) is 3.30. The Labute approximate surface area is 71.4 Å². The zero-order valence-corrected chi connectivity index (χ0v) is 6.28. The van der Waals surface area contributed by atoms with Crippen molar-refractivity contribution in [3.63, 3.8) is 0 Å². The van der Waals surface area contributed by atoms with Gasteiger partial charge in [0, 0.05) is 0 Å². The fourth-order valence-corrected chi connectivity index (χ4v) is 0.762. The highest BCUT2D eigenvalue weighted by molar-refractivity contribution is 6.19. The molecule has 0 aliphatic carbocycles. The van der Waals surface area contributed by atoms with Gasteiger partial charge in [0.1, 0.15) is 12.3 Å². The first-order chi connectivity index (χ1) is 6.00. The first-order valence-electron chi connectivity index (χ1n) is 3.29. The molecule has 70 valence electrons. The second-order valence-electron chi connectivity index (χ2n) is 2.32. The average Bonchev–Trinajstić information content (AvgIpc) is 1.98. The van der Waals surface area contributed by atoms with Gasteiger partial charge in [-0.25, -0.2) is 4.39 Å². The van der Waals surface area contributed by atoms with Crippen LogP contribution in [0.2, 0.25) is 0 Å². The van der Waals surface area contributed by atoms with Gasteiger partial charge in [-0.05, 0) is 0 Å². The predicted molar refractivity (Wildman–Crippen MR) is 37.7 cm³/mol. The Bertz CT molecular complexity index is 312. The lowest BCUT2D eigenvalue weighted by atomic mass is 10.2. The first kappa shape index (κ1) is 9.30. The molecular formula is C6H5FN2O4. The molecule has 0 bridgehead atoms. The van der Waals surface area contributed by atoms with E-state index in [2.05, 4.69) is 4.99 Å². The number of carbonyl (C=O) groups excluding carboxylic acids is 2. The van der Waals surface area contributed by atoms with Gasteiger partial charge in [-0.3, -0.25) is 14.4 Å². The van der Waals surface area contributed by atoms with E-state index in [-0.39, 0.29) is 5.84 Å². The molecule has 0 spiro atoms. The number of halogens is 1. The van der Waals surface area contributed by atoms with E-state index < -0.39 is 30.4 Å². The highest BCUT2D eigenvalue weighted by Gasteiger charge is 2.31. The average molecular weight is 188 g/mol. The minimum Gasteiger partial charge on any atom is -0.481 e. The van der Waals surface area contributed by atoms with Gasteiger partial charge < -0.3 is 10.4 Å². The molecule has 1 aliphatic heterocycles. The number of alkyl halides is 1. The molecule has 0 saturated heterocycles. The van der Waals surface area contributed by atoms with Crippen molar-refractivity contribution < 1.29 is 23.9 Å². The molecule has 0 aromatic carbocycles. The van der Waals surface area contributed by atoms with Gasteiger partial charge in [0.05, 0.1) is 0 Å². The van der Waals surface area contributed by atoms with Crippen molar-refractivity contribution in [1.29, 1.82) is 0 Å². The van der Waals surface area contributed by atoms with Crippen LogP contribution in [0.1, 0.15) is 6.42 Å². The van der Waals surface area contributed by atoms with Crippen LogP contribution in [0.15, 0.2) is 4.99 Å². The van der Waals surface area contributed by atoms with Crippen LogP contribution in [0.4, 0.5) is 4.39 Å². The van der Waals surface area contributed by atoms with E-state index in [4.69, 9.17) is 5.11 Å². The number of nitrogens with one attached hydrogen (secondary N) is 1. The third kappa shape index (κ3) is 2.08. The van der Waals surface area contributed by atoms with Gasteiger partial charge in [0.15, 0.2) is 0 Å². The van der Waals surface area contributed by atoms with Crippen molar-refractivity contribution in [2.45, 2.75) is 12.6 Å². The van der Waals surface area contributed by atoms with Crippen LogP contribution >= 0.6 is 0 Å². The van der Waals surface area contributed by atoms with Gasteiger partial charge in [-0.1, -0.05) is 0 Å². The molecule has 13 heavy (non-hydrogen) atoms. The second-order valence-corrected chi connectivity index (χ2v) is 2.32. The van der Waals surface area contributed by atoms with Gasteiger partial charge in [0.25, 0.3) is 18.0 Å². The summed E-state index contributed by atoms with van der Waals surface area (Å²) in [5.41, 5.74) is 0. The Morgan fingerprint density at radius 1 is 1.62 bits per heavy atom. The fraction of sp³-hybridized carbons (Fsp3) is 0.333. The number of amidine groups is 1. The maximum Gasteiger partial charge on any atom is 0.311 e. The number of carboxylic acid groups (broad SMARTS) is 1. The van der Waals surface area contributed by atoms with E-state index in [1.807, 2.05) is 5.32 Å². The highest BCUT2D eigenvalue weighted by atomic mass is 19.1. The van der Waals surface area contributed by atoms with E-state index in [0.29, 0.717) is 0 Å². The first-order valence-corrected chi connectivity index (χ1v) is 3.29. The molecule has 2 N–H and O–H groups in total. The normalized spacial score (nSPS) is 22.2. The lowest BCUT2D eigenvalue weighted by Crippen LogP contribution is -2.45. The molecular weight excluding hydrogens is 183 g/mol. The molecule has 7 heteroatoms. The van der Waals surface area contributed by atoms with Crippen LogP contribution < -0.4 is 5.32 Å². The molecule has 2 amide bonds. The van der Waals surface area contributed by atoms with E-state index in [9.17, 15) is 18.8 Å². The van der Waals surface area contributed by atoms with Crippen molar-refractivity contribution in [3.05, 3.63) is 0 Å². The monoisotopic (exact) mass is 188 g/mol. The molecule has 1 heterocycles. The standard InChI is InChI=1S/C6H5FN2O4/c7-4-5(12)8-2(1-3(10)11)9-6(4)13/h4H,1H2,(H,10,11)(H,8,9,12,13). The summed E-state index contributed by atoms with van der Waals surface area (Å²) in [6.07, 6.45) is -2.93. The minimum absolute atomic E-state index is 0.337. The highest BCUT2D eigenvalue weighted by Crippen LogP contribution is 2.02. The predicted octanol–water partition coefficient (Wildman–Crippen LogP) is -1.15. The molecule has 0 aromatic heterocycles. The summed E-state index contributed by atoms with van der Waals surface area (Å²) in [6, 6.07) is 0. The fourth-order valence-electron chi connectivity index (χ4n) is 0.762. The number of carbonyl (C=O) groups is 3. The maximum absolute atomic E-state index is 12.5. The maximum atomic E-state index is 12.5. The molecule has 0 aromatic rings. The number of amides is 2. The largest absolute Gasteiger partial charge is 0.481 e. The lowest BCUT2D eigenvalue weighted by Gasteiger charge is -2.13. The lowest BCUT2D eigenvalue weighted by molar-refractivity contribution is -0.135. The molecule has 0 radical (unpaired) electrons. The Hall–Kier alpha value is -1.79. The molecule has 1 atom stereocenters. The summed E-state index contributed by atoms with van der Waals surface area (Å²) in [5, 5.41) is 10.1. The summed E-state index contributed by atoms with van der Waals surface area (Å²) in [6.45, 7) is 0. The van der Waals surface area contributed by atoms with E-state index in [0.717, 1.165) is 0 Å². The molecule has 6 nitrogen and oxygen atoms in total. The Kier molecular flexibility index (Phi) is 2.36. The zero-order valence-electron chi connectivity index (χ0n) is 6.28. The van der Waals surface area contributed by atoms with Crippen LogP contribution in [0, 0.1) is 0 Å². The number of carboxylic acids is 1. The molecule has 0 saturated carbocycles. The summed E-state index contributed by atoms with van der Waals surface area (Å²) >= 11 is 0. The minimum atomic E-state index is -2.32. The van der Waals surface area contributed by atoms with E-state index >= 15 is 0 Å². The summed E-state index contributed by atoms with van der Waals surface area (Å²) in [4.78, 5) is 34.4. The van der Waals surface area contributed by atoms with Crippen molar-refractivity contribution in [2.75, 3.05) is 0 Å². The topological polar surface area (TPSA) is 95.8 Å². The number of rotatable bonds is 2. The molecule has 0 fully saturated rings. The van der Waals surface area contributed by atoms with Crippen molar-refractivity contribution in [2.24, 2.45) is 4.99 Å². The number of aliphatic carboxylic acids is 1. The molecule has 1 rings (SSSR count).